The zero-order chi connectivity index (χ0) is 13.8. The van der Waals surface area contributed by atoms with Crippen molar-refractivity contribution in [2.45, 2.75) is 45.4 Å². The van der Waals surface area contributed by atoms with Gasteiger partial charge < -0.3 is 14.6 Å². The summed E-state index contributed by atoms with van der Waals surface area (Å²) in [6.45, 7) is 8.54. The molecule has 0 spiro atoms. The number of hydrogen-bond acceptors (Lipinski definition) is 4. The Bertz CT molecular complexity index is 541. The summed E-state index contributed by atoms with van der Waals surface area (Å²) in [6.07, 6.45) is 3.31. The SMILES string of the molecule is CC1(C)OB(c2cncc3c2CNC3=O)OC1(C)C. The van der Waals surface area contributed by atoms with Crippen LogP contribution in [0.4, 0.5) is 0 Å². The van der Waals surface area contributed by atoms with E-state index in [9.17, 15) is 4.79 Å². The first kappa shape index (κ1) is 12.6. The highest BCUT2D eigenvalue weighted by atomic mass is 16.7. The molecule has 0 unspecified atom stereocenters. The molecule has 19 heavy (non-hydrogen) atoms. The molecular formula is C13H17BN2O3. The van der Waals surface area contributed by atoms with Crippen molar-refractivity contribution < 1.29 is 14.1 Å². The smallest absolute Gasteiger partial charge is 0.399 e. The van der Waals surface area contributed by atoms with Crippen molar-refractivity contribution in [3.05, 3.63) is 23.5 Å². The number of fused-ring (bicyclic) bond motifs is 1. The van der Waals surface area contributed by atoms with Crippen LogP contribution in [-0.2, 0) is 15.9 Å². The number of nitrogens with one attached hydrogen (secondary N) is 1. The van der Waals surface area contributed by atoms with Gasteiger partial charge in [-0.05, 0) is 33.3 Å². The monoisotopic (exact) mass is 260 g/mol. The van der Waals surface area contributed by atoms with Crippen LogP contribution in [0.25, 0.3) is 0 Å². The molecule has 1 aromatic heterocycles. The highest BCUT2D eigenvalue weighted by molar-refractivity contribution is 6.62. The second-order valence-electron chi connectivity index (χ2n) is 6.03. The molecule has 0 aromatic carbocycles. The van der Waals surface area contributed by atoms with E-state index < -0.39 is 18.3 Å². The first-order valence-corrected chi connectivity index (χ1v) is 6.42. The molecule has 0 radical (unpaired) electrons. The van der Waals surface area contributed by atoms with Gasteiger partial charge in [0.25, 0.3) is 5.91 Å². The molecule has 0 atom stereocenters. The second-order valence-corrected chi connectivity index (χ2v) is 6.03. The van der Waals surface area contributed by atoms with Gasteiger partial charge in [0.05, 0.1) is 16.8 Å². The maximum atomic E-state index is 11.7. The van der Waals surface area contributed by atoms with Crippen LogP contribution >= 0.6 is 0 Å². The number of pyridine rings is 1. The summed E-state index contributed by atoms with van der Waals surface area (Å²) in [5.41, 5.74) is 1.60. The van der Waals surface area contributed by atoms with Gasteiger partial charge in [-0.25, -0.2) is 0 Å². The maximum absolute atomic E-state index is 11.7. The molecule has 5 nitrogen and oxygen atoms in total. The Balaban J connectivity index is 2.00. The van der Waals surface area contributed by atoms with Crippen LogP contribution in [0.1, 0.15) is 43.6 Å². The normalized spacial score (nSPS) is 23.4. The van der Waals surface area contributed by atoms with E-state index in [0.29, 0.717) is 12.1 Å². The molecule has 6 heteroatoms. The van der Waals surface area contributed by atoms with E-state index >= 15 is 0 Å². The Hall–Kier alpha value is -1.40. The van der Waals surface area contributed by atoms with Gasteiger partial charge in [-0.3, -0.25) is 9.78 Å². The largest absolute Gasteiger partial charge is 0.496 e. The third kappa shape index (κ3) is 1.78. The van der Waals surface area contributed by atoms with E-state index in [2.05, 4.69) is 10.3 Å². The fourth-order valence-electron chi connectivity index (χ4n) is 2.33. The molecule has 1 N–H and O–H groups in total. The molecule has 3 heterocycles. The predicted octanol–water partition coefficient (Wildman–Crippen LogP) is 0.624. The molecule has 0 aliphatic carbocycles. The van der Waals surface area contributed by atoms with Crippen LogP contribution < -0.4 is 10.8 Å². The first-order valence-electron chi connectivity index (χ1n) is 6.42. The lowest BCUT2D eigenvalue weighted by Gasteiger charge is -2.32. The van der Waals surface area contributed by atoms with E-state index in [1.54, 1.807) is 12.4 Å². The summed E-state index contributed by atoms with van der Waals surface area (Å²) in [5.74, 6) is -0.0825. The van der Waals surface area contributed by atoms with Gasteiger partial charge in [0.15, 0.2) is 0 Å². The molecule has 1 saturated heterocycles. The Kier molecular flexibility index (Phi) is 2.53. The number of rotatable bonds is 1. The Morgan fingerprint density at radius 2 is 1.84 bits per heavy atom. The quantitative estimate of drug-likeness (QED) is 0.752. The molecule has 3 rings (SSSR count). The van der Waals surface area contributed by atoms with Crippen LogP contribution in [0.2, 0.25) is 0 Å². The summed E-state index contributed by atoms with van der Waals surface area (Å²) in [4.78, 5) is 15.8. The number of nitrogens with zero attached hydrogens (tertiary/aromatic N) is 1. The average molecular weight is 260 g/mol. The molecule has 1 fully saturated rings. The molecule has 2 aliphatic rings. The number of amides is 1. The summed E-state index contributed by atoms with van der Waals surface area (Å²) in [5, 5.41) is 2.80. The highest BCUT2D eigenvalue weighted by Crippen LogP contribution is 2.36. The van der Waals surface area contributed by atoms with Gasteiger partial charge in [0.2, 0.25) is 0 Å². The Labute approximate surface area is 112 Å². The Morgan fingerprint density at radius 1 is 1.21 bits per heavy atom. The molecule has 0 saturated carbocycles. The lowest BCUT2D eigenvalue weighted by molar-refractivity contribution is 0.00578. The van der Waals surface area contributed by atoms with Crippen molar-refractivity contribution >= 4 is 18.5 Å². The van der Waals surface area contributed by atoms with Crippen LogP contribution in [0.15, 0.2) is 12.4 Å². The van der Waals surface area contributed by atoms with Crippen LogP contribution in [0, 0.1) is 0 Å². The number of hydrogen-bond donors (Lipinski definition) is 1. The van der Waals surface area contributed by atoms with Gasteiger partial charge in [0.1, 0.15) is 0 Å². The number of carbonyl (C=O) groups is 1. The lowest BCUT2D eigenvalue weighted by atomic mass is 9.76. The maximum Gasteiger partial charge on any atom is 0.496 e. The summed E-state index contributed by atoms with van der Waals surface area (Å²) >= 11 is 0. The molecule has 1 aromatic rings. The van der Waals surface area contributed by atoms with E-state index in [1.165, 1.54) is 0 Å². The van der Waals surface area contributed by atoms with Gasteiger partial charge in [-0.15, -0.1) is 0 Å². The van der Waals surface area contributed by atoms with Crippen molar-refractivity contribution in [1.29, 1.82) is 0 Å². The van der Waals surface area contributed by atoms with E-state index in [1.807, 2.05) is 27.7 Å². The lowest BCUT2D eigenvalue weighted by Crippen LogP contribution is -2.41. The fourth-order valence-corrected chi connectivity index (χ4v) is 2.33. The van der Waals surface area contributed by atoms with Crippen LogP contribution in [-0.4, -0.2) is 29.2 Å². The standard InChI is InChI=1S/C13H17BN2O3/c1-12(2)13(3,4)19-14(18-12)10-7-15-5-9-8(10)6-16-11(9)17/h5,7H,6H2,1-4H3,(H,16,17). The zero-order valence-corrected chi connectivity index (χ0v) is 11.6. The zero-order valence-electron chi connectivity index (χ0n) is 11.6. The predicted molar refractivity (Wildman–Crippen MR) is 71.1 cm³/mol. The summed E-state index contributed by atoms with van der Waals surface area (Å²) in [6, 6.07) is 0. The summed E-state index contributed by atoms with van der Waals surface area (Å²) < 4.78 is 12.0. The molecular weight excluding hydrogens is 243 g/mol. The number of aromatic nitrogens is 1. The average Bonchev–Trinajstić information content (AvgIpc) is 2.78. The van der Waals surface area contributed by atoms with E-state index in [-0.39, 0.29) is 5.91 Å². The Morgan fingerprint density at radius 3 is 2.47 bits per heavy atom. The van der Waals surface area contributed by atoms with Crippen LogP contribution in [0.3, 0.4) is 0 Å². The van der Waals surface area contributed by atoms with Gasteiger partial charge >= 0.3 is 7.12 Å². The molecule has 1 amide bonds. The summed E-state index contributed by atoms with van der Waals surface area (Å²) in [7, 11) is -0.472. The van der Waals surface area contributed by atoms with Gasteiger partial charge in [-0.1, -0.05) is 0 Å². The van der Waals surface area contributed by atoms with Crippen molar-refractivity contribution in [2.75, 3.05) is 0 Å². The minimum absolute atomic E-state index is 0.0825. The molecule has 0 bridgehead atoms. The fraction of sp³-hybridized carbons (Fsp3) is 0.538. The second kappa shape index (κ2) is 3.80. The van der Waals surface area contributed by atoms with Crippen molar-refractivity contribution in [2.24, 2.45) is 0 Å². The van der Waals surface area contributed by atoms with E-state index in [4.69, 9.17) is 9.31 Å². The minimum atomic E-state index is -0.472. The van der Waals surface area contributed by atoms with Crippen molar-refractivity contribution in [3.63, 3.8) is 0 Å². The first-order chi connectivity index (χ1) is 8.82. The van der Waals surface area contributed by atoms with E-state index in [0.717, 1.165) is 11.0 Å². The molecule has 100 valence electrons. The van der Waals surface area contributed by atoms with Crippen molar-refractivity contribution in [3.8, 4) is 0 Å². The highest BCUT2D eigenvalue weighted by Gasteiger charge is 2.52. The number of carbonyl (C=O) groups excluding carboxylic acids is 1. The third-order valence-electron chi connectivity index (χ3n) is 4.27. The molecule has 2 aliphatic heterocycles. The third-order valence-corrected chi connectivity index (χ3v) is 4.27. The topological polar surface area (TPSA) is 60.5 Å². The van der Waals surface area contributed by atoms with Gasteiger partial charge in [0, 0.05) is 24.4 Å². The van der Waals surface area contributed by atoms with Crippen LogP contribution in [0.5, 0.6) is 0 Å². The minimum Gasteiger partial charge on any atom is -0.399 e. The van der Waals surface area contributed by atoms with Gasteiger partial charge in [-0.2, -0.15) is 0 Å². The van der Waals surface area contributed by atoms with Crippen molar-refractivity contribution in [1.82, 2.24) is 10.3 Å².